The van der Waals surface area contributed by atoms with Crippen LogP contribution in [0.5, 0.6) is 0 Å². The fraction of sp³-hybridized carbons (Fsp3) is 0.500. The van der Waals surface area contributed by atoms with Crippen LogP contribution >= 0.6 is 0 Å². The molecule has 0 aromatic carbocycles. The second-order valence-electron chi connectivity index (χ2n) is 3.99. The van der Waals surface area contributed by atoms with Gasteiger partial charge in [0.05, 0.1) is 0 Å². The van der Waals surface area contributed by atoms with Gasteiger partial charge in [0.1, 0.15) is 5.41 Å². The lowest BCUT2D eigenvalue weighted by Gasteiger charge is -2.12. The van der Waals surface area contributed by atoms with Gasteiger partial charge in [0.15, 0.2) is 0 Å². The van der Waals surface area contributed by atoms with Crippen molar-refractivity contribution in [3.05, 3.63) is 18.0 Å². The van der Waals surface area contributed by atoms with Gasteiger partial charge in [-0.05, 0) is 25.3 Å². The SMILES string of the molecule is Cc1cnc(NC(=O)C2(C(F)F)CC2)nc1. The van der Waals surface area contributed by atoms with Crippen LogP contribution in [-0.2, 0) is 4.79 Å². The van der Waals surface area contributed by atoms with Gasteiger partial charge in [0.2, 0.25) is 11.9 Å². The third kappa shape index (κ3) is 1.87. The maximum Gasteiger partial charge on any atom is 0.252 e. The van der Waals surface area contributed by atoms with Gasteiger partial charge in [-0.25, -0.2) is 18.7 Å². The van der Waals surface area contributed by atoms with Crippen LogP contribution < -0.4 is 5.32 Å². The molecule has 6 heteroatoms. The van der Waals surface area contributed by atoms with E-state index in [2.05, 4.69) is 15.3 Å². The minimum atomic E-state index is -2.63. The van der Waals surface area contributed by atoms with Crippen molar-refractivity contribution in [1.82, 2.24) is 9.97 Å². The number of nitrogens with one attached hydrogen (secondary N) is 1. The van der Waals surface area contributed by atoms with Crippen LogP contribution in [0.15, 0.2) is 12.4 Å². The molecule has 86 valence electrons. The Balaban J connectivity index is 2.06. The van der Waals surface area contributed by atoms with Crippen LogP contribution in [0.4, 0.5) is 14.7 Å². The van der Waals surface area contributed by atoms with Crippen molar-refractivity contribution in [2.24, 2.45) is 5.41 Å². The van der Waals surface area contributed by atoms with E-state index in [0.717, 1.165) is 5.56 Å². The molecule has 4 nitrogen and oxygen atoms in total. The number of carbonyl (C=O) groups excluding carboxylic acids is 1. The summed E-state index contributed by atoms with van der Waals surface area (Å²) in [4.78, 5) is 19.2. The van der Waals surface area contributed by atoms with Gasteiger partial charge in [-0.1, -0.05) is 0 Å². The molecule has 1 aromatic heterocycles. The highest BCUT2D eigenvalue weighted by molar-refractivity contribution is 5.96. The molecule has 1 aliphatic carbocycles. The summed E-state index contributed by atoms with van der Waals surface area (Å²) in [6, 6.07) is 0. The second-order valence-corrected chi connectivity index (χ2v) is 3.99. The molecule has 1 aliphatic rings. The number of hydrogen-bond donors (Lipinski definition) is 1. The van der Waals surface area contributed by atoms with E-state index in [4.69, 9.17) is 0 Å². The molecule has 2 rings (SSSR count). The second kappa shape index (κ2) is 3.77. The summed E-state index contributed by atoms with van der Waals surface area (Å²) >= 11 is 0. The number of alkyl halides is 2. The first kappa shape index (κ1) is 10.9. The molecule has 0 spiro atoms. The van der Waals surface area contributed by atoms with Gasteiger partial charge >= 0.3 is 0 Å². The van der Waals surface area contributed by atoms with Crippen molar-refractivity contribution in [3.63, 3.8) is 0 Å². The van der Waals surface area contributed by atoms with Crippen LogP contribution in [0.25, 0.3) is 0 Å². The number of aryl methyl sites for hydroxylation is 1. The number of rotatable bonds is 3. The average molecular weight is 227 g/mol. The maximum absolute atomic E-state index is 12.6. The standard InChI is InChI=1S/C10H11F2N3O/c1-6-4-13-9(14-5-6)15-8(16)10(2-3-10)7(11)12/h4-5,7H,2-3H2,1H3,(H,13,14,15,16). The smallest absolute Gasteiger partial charge is 0.252 e. The predicted molar refractivity (Wildman–Crippen MR) is 53.1 cm³/mol. The van der Waals surface area contributed by atoms with Crippen molar-refractivity contribution in [2.45, 2.75) is 26.2 Å². The van der Waals surface area contributed by atoms with E-state index in [-0.39, 0.29) is 18.8 Å². The van der Waals surface area contributed by atoms with Gasteiger partial charge < -0.3 is 0 Å². The molecule has 0 saturated heterocycles. The first-order valence-corrected chi connectivity index (χ1v) is 4.93. The number of amides is 1. The monoisotopic (exact) mass is 227 g/mol. The van der Waals surface area contributed by atoms with Crippen LogP contribution in [0.3, 0.4) is 0 Å². The van der Waals surface area contributed by atoms with Crippen molar-refractivity contribution >= 4 is 11.9 Å². The molecule has 16 heavy (non-hydrogen) atoms. The summed E-state index contributed by atoms with van der Waals surface area (Å²) in [5, 5.41) is 2.31. The Morgan fingerprint density at radius 2 is 2.00 bits per heavy atom. The lowest BCUT2D eigenvalue weighted by atomic mass is 10.1. The summed E-state index contributed by atoms with van der Waals surface area (Å²) in [6.07, 6.45) is 0.859. The predicted octanol–water partition coefficient (Wildman–Crippen LogP) is 1.77. The Morgan fingerprint density at radius 1 is 1.44 bits per heavy atom. The Hall–Kier alpha value is -1.59. The van der Waals surface area contributed by atoms with Gasteiger partial charge in [0.25, 0.3) is 6.43 Å². The van der Waals surface area contributed by atoms with E-state index in [9.17, 15) is 13.6 Å². The number of anilines is 1. The fourth-order valence-electron chi connectivity index (χ4n) is 1.36. The van der Waals surface area contributed by atoms with E-state index in [1.807, 2.05) is 0 Å². The highest BCUT2D eigenvalue weighted by atomic mass is 19.3. The number of aromatic nitrogens is 2. The number of hydrogen-bond acceptors (Lipinski definition) is 3. The average Bonchev–Trinajstić information content (AvgIpc) is 3.02. The normalized spacial score (nSPS) is 17.2. The van der Waals surface area contributed by atoms with Crippen LogP contribution in [0, 0.1) is 12.3 Å². The lowest BCUT2D eigenvalue weighted by molar-refractivity contribution is -0.126. The quantitative estimate of drug-likeness (QED) is 0.856. The van der Waals surface area contributed by atoms with E-state index in [0.29, 0.717) is 0 Å². The maximum atomic E-state index is 12.6. The summed E-state index contributed by atoms with van der Waals surface area (Å²) in [5.74, 6) is -0.617. The van der Waals surface area contributed by atoms with Crippen LogP contribution in [0.1, 0.15) is 18.4 Å². The Morgan fingerprint density at radius 3 is 2.44 bits per heavy atom. The topological polar surface area (TPSA) is 54.9 Å². The summed E-state index contributed by atoms with van der Waals surface area (Å²) in [7, 11) is 0. The minimum absolute atomic E-state index is 0.0718. The number of nitrogens with zero attached hydrogens (tertiary/aromatic N) is 2. The molecule has 1 aromatic rings. The first-order chi connectivity index (χ1) is 7.54. The molecule has 1 heterocycles. The molecular formula is C10H11F2N3O. The summed E-state index contributed by atoms with van der Waals surface area (Å²) in [6.45, 7) is 1.80. The summed E-state index contributed by atoms with van der Waals surface area (Å²) < 4.78 is 25.2. The molecule has 0 radical (unpaired) electrons. The Kier molecular flexibility index (Phi) is 2.57. The fourth-order valence-corrected chi connectivity index (χ4v) is 1.36. The summed E-state index contributed by atoms with van der Waals surface area (Å²) in [5.41, 5.74) is -0.665. The molecule has 0 atom stereocenters. The lowest BCUT2D eigenvalue weighted by Crippen LogP contribution is -2.30. The van der Waals surface area contributed by atoms with E-state index < -0.39 is 17.7 Å². The van der Waals surface area contributed by atoms with Gasteiger partial charge in [0, 0.05) is 12.4 Å². The van der Waals surface area contributed by atoms with E-state index >= 15 is 0 Å². The van der Waals surface area contributed by atoms with E-state index in [1.165, 1.54) is 12.4 Å². The first-order valence-electron chi connectivity index (χ1n) is 4.93. The van der Waals surface area contributed by atoms with E-state index in [1.54, 1.807) is 6.92 Å². The molecular weight excluding hydrogens is 216 g/mol. The van der Waals surface area contributed by atoms with Gasteiger partial charge in [-0.2, -0.15) is 0 Å². The molecule has 1 saturated carbocycles. The third-order valence-electron chi connectivity index (χ3n) is 2.66. The van der Waals surface area contributed by atoms with Crippen molar-refractivity contribution in [1.29, 1.82) is 0 Å². The largest absolute Gasteiger partial charge is 0.294 e. The van der Waals surface area contributed by atoms with Crippen LogP contribution in [0.2, 0.25) is 0 Å². The van der Waals surface area contributed by atoms with Gasteiger partial charge in [-0.15, -0.1) is 0 Å². The van der Waals surface area contributed by atoms with Crippen LogP contribution in [-0.4, -0.2) is 22.3 Å². The molecule has 1 N–H and O–H groups in total. The highest BCUT2D eigenvalue weighted by Gasteiger charge is 2.57. The van der Waals surface area contributed by atoms with Gasteiger partial charge in [-0.3, -0.25) is 10.1 Å². The molecule has 0 aliphatic heterocycles. The third-order valence-corrected chi connectivity index (χ3v) is 2.66. The highest BCUT2D eigenvalue weighted by Crippen LogP contribution is 2.51. The molecule has 0 bridgehead atoms. The zero-order valence-electron chi connectivity index (χ0n) is 8.70. The van der Waals surface area contributed by atoms with Crippen molar-refractivity contribution in [2.75, 3.05) is 5.32 Å². The van der Waals surface area contributed by atoms with Crippen molar-refractivity contribution < 1.29 is 13.6 Å². The minimum Gasteiger partial charge on any atom is -0.294 e. The molecule has 0 unspecified atom stereocenters. The zero-order valence-corrected chi connectivity index (χ0v) is 8.70. The molecule has 1 fully saturated rings. The zero-order chi connectivity index (χ0) is 11.8. The number of carbonyl (C=O) groups is 1. The Labute approximate surface area is 91.1 Å². The number of halogens is 2. The Bertz CT molecular complexity index is 401. The van der Waals surface area contributed by atoms with Crippen molar-refractivity contribution in [3.8, 4) is 0 Å². The molecule has 1 amide bonds.